The summed E-state index contributed by atoms with van der Waals surface area (Å²) in [7, 11) is 1.62. The molecule has 0 aromatic carbocycles. The van der Waals surface area contributed by atoms with Crippen molar-refractivity contribution in [3.8, 4) is 17.0 Å². The van der Waals surface area contributed by atoms with E-state index in [1.165, 1.54) is 0 Å². The molecule has 0 bridgehead atoms. The van der Waals surface area contributed by atoms with E-state index in [-0.39, 0.29) is 18.8 Å². The minimum absolute atomic E-state index is 0.0665. The summed E-state index contributed by atoms with van der Waals surface area (Å²) in [5, 5.41) is 21.2. The predicted molar refractivity (Wildman–Crippen MR) is 115 cm³/mol. The van der Waals surface area contributed by atoms with Gasteiger partial charge < -0.3 is 24.9 Å². The van der Waals surface area contributed by atoms with Gasteiger partial charge in [-0.05, 0) is 37.8 Å². The first-order valence-corrected chi connectivity index (χ1v) is 10.5. The van der Waals surface area contributed by atoms with Gasteiger partial charge in [0.2, 0.25) is 11.8 Å². The fourth-order valence-electron chi connectivity index (χ4n) is 4.20. The highest BCUT2D eigenvalue weighted by Crippen LogP contribution is 2.34. The number of hydrogen-bond acceptors (Lipinski definition) is 8. The van der Waals surface area contributed by atoms with Crippen molar-refractivity contribution in [3.63, 3.8) is 0 Å². The molecule has 31 heavy (non-hydrogen) atoms. The van der Waals surface area contributed by atoms with Gasteiger partial charge in [0, 0.05) is 29.6 Å². The maximum absolute atomic E-state index is 8.92. The number of rotatable bonds is 7. The Hall–Kier alpha value is -3.24. The SMILES string of the molecule is COc1nc(NC2CCC(OCCO)CC2)nc2[nH]cc(-c3ccc4nncn4c3)c12. The van der Waals surface area contributed by atoms with Gasteiger partial charge in [-0.15, -0.1) is 10.2 Å². The molecule has 0 spiro atoms. The summed E-state index contributed by atoms with van der Waals surface area (Å²) in [5.41, 5.74) is 3.45. The van der Waals surface area contributed by atoms with Crippen LogP contribution in [-0.2, 0) is 4.74 Å². The van der Waals surface area contributed by atoms with Gasteiger partial charge in [0.25, 0.3) is 0 Å². The van der Waals surface area contributed by atoms with E-state index in [1.807, 2.05) is 28.9 Å². The van der Waals surface area contributed by atoms with Crippen LogP contribution in [0.1, 0.15) is 25.7 Å². The van der Waals surface area contributed by atoms with Gasteiger partial charge in [0.05, 0.1) is 31.8 Å². The van der Waals surface area contributed by atoms with Crippen molar-refractivity contribution in [2.75, 3.05) is 25.6 Å². The lowest BCUT2D eigenvalue weighted by atomic mass is 9.93. The molecule has 0 aliphatic heterocycles. The first kappa shape index (κ1) is 19.7. The van der Waals surface area contributed by atoms with Crippen LogP contribution in [0.5, 0.6) is 5.88 Å². The Morgan fingerprint density at radius 3 is 2.90 bits per heavy atom. The molecule has 0 atom stereocenters. The molecule has 4 aromatic heterocycles. The highest BCUT2D eigenvalue weighted by atomic mass is 16.5. The molecule has 162 valence electrons. The number of aromatic nitrogens is 6. The largest absolute Gasteiger partial charge is 0.480 e. The Labute approximate surface area is 178 Å². The lowest BCUT2D eigenvalue weighted by Crippen LogP contribution is -2.30. The second kappa shape index (κ2) is 8.48. The van der Waals surface area contributed by atoms with Crippen molar-refractivity contribution in [2.45, 2.75) is 37.8 Å². The first-order chi connectivity index (χ1) is 15.2. The van der Waals surface area contributed by atoms with Gasteiger partial charge >= 0.3 is 0 Å². The lowest BCUT2D eigenvalue weighted by molar-refractivity contribution is 0.00719. The van der Waals surface area contributed by atoms with Crippen LogP contribution in [0.2, 0.25) is 0 Å². The second-order valence-electron chi connectivity index (χ2n) is 7.71. The quantitative estimate of drug-likeness (QED) is 0.414. The maximum atomic E-state index is 8.92. The van der Waals surface area contributed by atoms with Gasteiger partial charge in [-0.25, -0.2) is 0 Å². The molecule has 0 radical (unpaired) electrons. The third-order valence-electron chi connectivity index (χ3n) is 5.75. The van der Waals surface area contributed by atoms with Crippen LogP contribution in [0, 0.1) is 0 Å². The van der Waals surface area contributed by atoms with Gasteiger partial charge in [0.1, 0.15) is 12.0 Å². The number of methoxy groups -OCH3 is 1. The van der Waals surface area contributed by atoms with Crippen LogP contribution in [0.15, 0.2) is 30.9 Å². The van der Waals surface area contributed by atoms with E-state index in [9.17, 15) is 0 Å². The number of ether oxygens (including phenoxy) is 2. The molecule has 4 aromatic rings. The van der Waals surface area contributed by atoms with Crippen molar-refractivity contribution >= 4 is 22.6 Å². The average molecular weight is 423 g/mol. The van der Waals surface area contributed by atoms with Crippen molar-refractivity contribution in [2.24, 2.45) is 0 Å². The van der Waals surface area contributed by atoms with Gasteiger partial charge in [-0.3, -0.25) is 4.40 Å². The number of nitrogens with one attached hydrogen (secondary N) is 2. The Morgan fingerprint density at radius 2 is 2.10 bits per heavy atom. The van der Waals surface area contributed by atoms with E-state index in [1.54, 1.807) is 13.4 Å². The van der Waals surface area contributed by atoms with E-state index < -0.39 is 0 Å². The molecule has 1 saturated carbocycles. The zero-order valence-electron chi connectivity index (χ0n) is 17.3. The molecule has 10 nitrogen and oxygen atoms in total. The first-order valence-electron chi connectivity index (χ1n) is 10.5. The Bertz CT molecular complexity index is 1180. The lowest BCUT2D eigenvalue weighted by Gasteiger charge is -2.29. The van der Waals surface area contributed by atoms with Gasteiger partial charge in [-0.1, -0.05) is 0 Å². The Kier molecular flexibility index (Phi) is 5.39. The van der Waals surface area contributed by atoms with Gasteiger partial charge in [-0.2, -0.15) is 9.97 Å². The summed E-state index contributed by atoms with van der Waals surface area (Å²) >= 11 is 0. The topological polar surface area (TPSA) is 122 Å². The number of hydrogen-bond donors (Lipinski definition) is 3. The molecule has 1 fully saturated rings. The molecule has 0 saturated heterocycles. The van der Waals surface area contributed by atoms with Crippen molar-refractivity contribution < 1.29 is 14.6 Å². The molecule has 0 unspecified atom stereocenters. The van der Waals surface area contributed by atoms with E-state index in [4.69, 9.17) is 19.6 Å². The molecule has 10 heteroatoms. The summed E-state index contributed by atoms with van der Waals surface area (Å²) in [6.45, 7) is 0.468. The van der Waals surface area contributed by atoms with E-state index in [0.717, 1.165) is 47.8 Å². The van der Waals surface area contributed by atoms with Gasteiger partial charge in [0.15, 0.2) is 5.65 Å². The van der Waals surface area contributed by atoms with Crippen LogP contribution in [0.4, 0.5) is 5.95 Å². The van der Waals surface area contributed by atoms with E-state index in [2.05, 4.69) is 25.5 Å². The molecular weight excluding hydrogens is 398 g/mol. The fraction of sp³-hybridized carbons (Fsp3) is 0.429. The maximum Gasteiger partial charge on any atom is 0.228 e. The van der Waals surface area contributed by atoms with Crippen molar-refractivity contribution in [3.05, 3.63) is 30.9 Å². The highest BCUT2D eigenvalue weighted by molar-refractivity contribution is 5.97. The predicted octanol–water partition coefficient (Wildman–Crippen LogP) is 2.41. The molecule has 0 amide bonds. The number of pyridine rings is 1. The number of aliphatic hydroxyl groups excluding tert-OH is 1. The minimum atomic E-state index is 0.0665. The molecular formula is C21H25N7O3. The normalized spacial score (nSPS) is 19.2. The van der Waals surface area contributed by atoms with E-state index in [0.29, 0.717) is 24.1 Å². The molecule has 1 aliphatic carbocycles. The van der Waals surface area contributed by atoms with E-state index >= 15 is 0 Å². The molecule has 1 aliphatic rings. The molecule has 4 heterocycles. The van der Waals surface area contributed by atoms with Crippen LogP contribution < -0.4 is 10.1 Å². The smallest absolute Gasteiger partial charge is 0.228 e. The number of anilines is 1. The summed E-state index contributed by atoms with van der Waals surface area (Å²) in [6, 6.07) is 4.20. The third kappa shape index (κ3) is 3.91. The van der Waals surface area contributed by atoms with Crippen LogP contribution in [0.25, 0.3) is 27.8 Å². The summed E-state index contributed by atoms with van der Waals surface area (Å²) < 4.78 is 13.1. The second-order valence-corrected chi connectivity index (χ2v) is 7.71. The minimum Gasteiger partial charge on any atom is -0.480 e. The average Bonchev–Trinajstić information content (AvgIpc) is 3.44. The fourth-order valence-corrected chi connectivity index (χ4v) is 4.20. The van der Waals surface area contributed by atoms with Crippen molar-refractivity contribution in [1.82, 2.24) is 29.5 Å². The number of aromatic amines is 1. The van der Waals surface area contributed by atoms with Crippen LogP contribution in [-0.4, -0.2) is 67.1 Å². The Balaban J connectivity index is 1.38. The number of aliphatic hydroxyl groups is 1. The zero-order valence-corrected chi connectivity index (χ0v) is 17.3. The van der Waals surface area contributed by atoms with Crippen molar-refractivity contribution in [1.29, 1.82) is 0 Å². The molecule has 5 rings (SSSR count). The standard InChI is InChI=1S/C21H25N7O3/c1-30-20-18-16(13-2-7-17-27-23-12-28(17)11-13)10-22-19(18)25-21(26-20)24-14-3-5-15(6-4-14)31-9-8-29/h2,7,10-12,14-15,29H,3-6,8-9H2,1H3,(H2,22,24,25,26). The Morgan fingerprint density at radius 1 is 1.23 bits per heavy atom. The zero-order chi connectivity index (χ0) is 21.2. The highest BCUT2D eigenvalue weighted by Gasteiger charge is 2.23. The summed E-state index contributed by atoms with van der Waals surface area (Å²) in [6.07, 6.45) is 9.63. The number of nitrogens with zero attached hydrogens (tertiary/aromatic N) is 5. The number of H-pyrrole nitrogens is 1. The van der Waals surface area contributed by atoms with Crippen LogP contribution >= 0.6 is 0 Å². The summed E-state index contributed by atoms with van der Waals surface area (Å²) in [4.78, 5) is 12.6. The summed E-state index contributed by atoms with van der Waals surface area (Å²) in [5.74, 6) is 1.07. The number of fused-ring (bicyclic) bond motifs is 2. The van der Waals surface area contributed by atoms with Crippen LogP contribution in [0.3, 0.4) is 0 Å². The molecule has 3 N–H and O–H groups in total. The monoisotopic (exact) mass is 423 g/mol. The third-order valence-corrected chi connectivity index (χ3v) is 5.75.